The second kappa shape index (κ2) is 11.0. The average Bonchev–Trinajstić information content (AvgIpc) is 3.07. The van der Waals surface area contributed by atoms with E-state index in [1.165, 1.54) is 12.1 Å². The number of aryl methyl sites for hydroxylation is 2. The number of aromatic hydroxyl groups is 1. The first-order chi connectivity index (χ1) is 13.6. The number of nitrogens with zero attached hydrogens (tertiary/aromatic N) is 4. The van der Waals surface area contributed by atoms with Crippen molar-refractivity contribution < 1.29 is 9.90 Å². The summed E-state index contributed by atoms with van der Waals surface area (Å²) in [5, 5.41) is 23.2. The quantitative estimate of drug-likeness (QED) is 0.203. The summed E-state index contributed by atoms with van der Waals surface area (Å²) in [5.41, 5.74) is 0.503. The summed E-state index contributed by atoms with van der Waals surface area (Å²) in [4.78, 5) is 21.2. The second-order valence-electron chi connectivity index (χ2n) is 6.64. The van der Waals surface area contributed by atoms with E-state index in [0.717, 1.165) is 37.6 Å². The highest BCUT2D eigenvalue weighted by atomic mass is 127. The smallest absolute Gasteiger partial charge is 0.251 e. The molecule has 1 atom stereocenters. The van der Waals surface area contributed by atoms with Crippen molar-refractivity contribution in [1.29, 1.82) is 0 Å². The fourth-order valence-corrected chi connectivity index (χ4v) is 3.14. The number of hydrogen-bond donors (Lipinski definition) is 4. The summed E-state index contributed by atoms with van der Waals surface area (Å²) in [6, 6.07) is 6.22. The van der Waals surface area contributed by atoms with Gasteiger partial charge in [0.2, 0.25) is 0 Å². The van der Waals surface area contributed by atoms with Crippen LogP contribution in [0.2, 0.25) is 0 Å². The van der Waals surface area contributed by atoms with Crippen LogP contribution < -0.4 is 16.0 Å². The molecule has 10 heteroatoms. The van der Waals surface area contributed by atoms with Gasteiger partial charge in [0.05, 0.1) is 12.6 Å². The van der Waals surface area contributed by atoms with Crippen LogP contribution >= 0.6 is 24.0 Å². The number of amides is 1. The second-order valence-corrected chi connectivity index (χ2v) is 6.64. The van der Waals surface area contributed by atoms with Gasteiger partial charge in [-0.1, -0.05) is 0 Å². The normalized spacial score (nSPS) is 15.8. The summed E-state index contributed by atoms with van der Waals surface area (Å²) < 4.78 is 1.96. The van der Waals surface area contributed by atoms with Gasteiger partial charge in [-0.2, -0.15) is 5.10 Å². The standard InChI is InChI=1S/C19H27N7O2.HI/c1-3-20-19(24-16-5-4-12-26-17(16)23-13(2)25-26)22-11-10-21-18(28)14-6-8-15(27)9-7-14;/h6-9,16,27H,3-5,10-12H2,1-2H3,(H,21,28)(H2,20,22,24);1H. The summed E-state index contributed by atoms with van der Waals surface area (Å²) >= 11 is 0. The molecule has 0 fully saturated rings. The first-order valence-electron chi connectivity index (χ1n) is 9.60. The van der Waals surface area contributed by atoms with Crippen molar-refractivity contribution in [3.05, 3.63) is 41.5 Å². The number of guanidine groups is 1. The Morgan fingerprint density at radius 2 is 2.07 bits per heavy atom. The third-order valence-corrected chi connectivity index (χ3v) is 4.43. The molecule has 158 valence electrons. The van der Waals surface area contributed by atoms with E-state index >= 15 is 0 Å². The van der Waals surface area contributed by atoms with Crippen molar-refractivity contribution in [2.24, 2.45) is 4.99 Å². The van der Waals surface area contributed by atoms with Crippen LogP contribution in [0, 0.1) is 6.92 Å². The fraction of sp³-hybridized carbons (Fsp3) is 0.474. The lowest BCUT2D eigenvalue weighted by Gasteiger charge is -2.25. The van der Waals surface area contributed by atoms with Gasteiger partial charge < -0.3 is 21.1 Å². The zero-order valence-corrected chi connectivity index (χ0v) is 19.0. The predicted molar refractivity (Wildman–Crippen MR) is 122 cm³/mol. The molecule has 0 aliphatic carbocycles. The van der Waals surface area contributed by atoms with Crippen molar-refractivity contribution in [3.63, 3.8) is 0 Å². The van der Waals surface area contributed by atoms with Crippen molar-refractivity contribution in [3.8, 4) is 5.75 Å². The van der Waals surface area contributed by atoms with E-state index in [2.05, 4.69) is 31.0 Å². The molecule has 2 aromatic rings. The number of phenolic OH excluding ortho intramolecular Hbond substituents is 1. The fourth-order valence-electron chi connectivity index (χ4n) is 3.14. The summed E-state index contributed by atoms with van der Waals surface area (Å²) in [5.74, 6) is 2.36. The highest BCUT2D eigenvalue weighted by molar-refractivity contribution is 14.0. The van der Waals surface area contributed by atoms with Gasteiger partial charge in [0.15, 0.2) is 5.96 Å². The zero-order chi connectivity index (χ0) is 19.9. The number of phenols is 1. The van der Waals surface area contributed by atoms with Crippen LogP contribution in [0.4, 0.5) is 0 Å². The van der Waals surface area contributed by atoms with Crippen molar-refractivity contribution in [2.75, 3.05) is 19.6 Å². The molecule has 1 aliphatic heterocycles. The first kappa shape index (κ1) is 22.9. The van der Waals surface area contributed by atoms with Crippen LogP contribution in [0.25, 0.3) is 0 Å². The lowest BCUT2D eigenvalue weighted by molar-refractivity contribution is 0.0955. The molecule has 0 radical (unpaired) electrons. The number of nitrogens with one attached hydrogen (secondary N) is 3. The van der Waals surface area contributed by atoms with Crippen molar-refractivity contribution >= 4 is 35.8 Å². The van der Waals surface area contributed by atoms with Gasteiger partial charge in [-0.15, -0.1) is 24.0 Å². The number of rotatable bonds is 6. The predicted octanol–water partition coefficient (Wildman–Crippen LogP) is 1.73. The SMILES string of the molecule is CCNC(=NCCNC(=O)c1ccc(O)cc1)NC1CCCn2nc(C)nc21.I. The minimum Gasteiger partial charge on any atom is -0.508 e. The van der Waals surface area contributed by atoms with E-state index in [-0.39, 0.29) is 41.7 Å². The maximum absolute atomic E-state index is 12.1. The number of hydrogen-bond acceptors (Lipinski definition) is 5. The monoisotopic (exact) mass is 513 g/mol. The number of aromatic nitrogens is 3. The van der Waals surface area contributed by atoms with Crippen LogP contribution in [0.5, 0.6) is 5.75 Å². The van der Waals surface area contributed by atoms with E-state index < -0.39 is 0 Å². The van der Waals surface area contributed by atoms with E-state index in [0.29, 0.717) is 24.6 Å². The molecular weight excluding hydrogens is 485 g/mol. The van der Waals surface area contributed by atoms with Crippen molar-refractivity contribution in [1.82, 2.24) is 30.7 Å². The molecule has 9 nitrogen and oxygen atoms in total. The topological polar surface area (TPSA) is 116 Å². The average molecular weight is 513 g/mol. The molecule has 1 aliphatic rings. The van der Waals surface area contributed by atoms with Crippen molar-refractivity contribution in [2.45, 2.75) is 39.3 Å². The van der Waals surface area contributed by atoms with Gasteiger partial charge in [-0.3, -0.25) is 9.79 Å². The minimum absolute atomic E-state index is 0. The zero-order valence-electron chi connectivity index (χ0n) is 16.7. The van der Waals surface area contributed by atoms with Gasteiger partial charge >= 0.3 is 0 Å². The molecule has 0 saturated carbocycles. The van der Waals surface area contributed by atoms with Crippen LogP contribution in [-0.4, -0.2) is 51.4 Å². The third-order valence-electron chi connectivity index (χ3n) is 4.43. The van der Waals surface area contributed by atoms with Crippen LogP contribution in [0.15, 0.2) is 29.3 Å². The lowest BCUT2D eigenvalue weighted by Crippen LogP contribution is -2.42. The first-order valence-corrected chi connectivity index (χ1v) is 9.60. The minimum atomic E-state index is -0.191. The maximum Gasteiger partial charge on any atom is 0.251 e. The van der Waals surface area contributed by atoms with Crippen LogP contribution in [0.1, 0.15) is 47.8 Å². The van der Waals surface area contributed by atoms with Gasteiger partial charge in [0, 0.05) is 25.2 Å². The van der Waals surface area contributed by atoms with Gasteiger partial charge in [0.1, 0.15) is 17.4 Å². The van der Waals surface area contributed by atoms with Gasteiger partial charge in [0.25, 0.3) is 5.91 Å². The van der Waals surface area contributed by atoms with E-state index in [4.69, 9.17) is 0 Å². The van der Waals surface area contributed by atoms with E-state index in [1.807, 2.05) is 18.5 Å². The summed E-state index contributed by atoms with van der Waals surface area (Å²) in [6.45, 7) is 6.40. The Kier molecular flexibility index (Phi) is 8.68. The molecule has 29 heavy (non-hydrogen) atoms. The molecule has 3 rings (SSSR count). The number of benzene rings is 1. The highest BCUT2D eigenvalue weighted by Crippen LogP contribution is 2.22. The number of carbonyl (C=O) groups is 1. The molecule has 0 saturated heterocycles. The number of aliphatic imine (C=N–C) groups is 1. The number of fused-ring (bicyclic) bond motifs is 1. The molecule has 2 heterocycles. The Morgan fingerprint density at radius 1 is 1.31 bits per heavy atom. The van der Waals surface area contributed by atoms with E-state index in [1.54, 1.807) is 12.1 Å². The molecular formula is C19H28IN7O2. The Balaban J connectivity index is 0.00000300. The maximum atomic E-state index is 12.1. The van der Waals surface area contributed by atoms with Crippen LogP contribution in [-0.2, 0) is 6.54 Å². The molecule has 1 unspecified atom stereocenters. The van der Waals surface area contributed by atoms with Gasteiger partial charge in [-0.25, -0.2) is 9.67 Å². The molecule has 1 aromatic carbocycles. The molecule has 4 N–H and O–H groups in total. The van der Waals surface area contributed by atoms with Crippen LogP contribution in [0.3, 0.4) is 0 Å². The number of carbonyl (C=O) groups excluding carboxylic acids is 1. The van der Waals surface area contributed by atoms with Gasteiger partial charge in [-0.05, 0) is 51.0 Å². The Labute approximate surface area is 187 Å². The third kappa shape index (κ3) is 6.31. The Morgan fingerprint density at radius 3 is 2.79 bits per heavy atom. The summed E-state index contributed by atoms with van der Waals surface area (Å²) in [6.07, 6.45) is 2.01. The molecule has 1 amide bonds. The largest absolute Gasteiger partial charge is 0.508 e. The number of halogens is 1. The van der Waals surface area contributed by atoms with E-state index in [9.17, 15) is 9.90 Å². The molecule has 1 aromatic heterocycles. The Hall–Kier alpha value is -2.37. The highest BCUT2D eigenvalue weighted by Gasteiger charge is 2.24. The molecule has 0 bridgehead atoms. The lowest BCUT2D eigenvalue weighted by atomic mass is 10.1. The summed E-state index contributed by atoms with van der Waals surface area (Å²) in [7, 11) is 0. The molecule has 0 spiro atoms. The Bertz CT molecular complexity index is 836.